The number of nitro groups is 1. The maximum atomic E-state index is 13.0. The Morgan fingerprint density at radius 3 is 2.32 bits per heavy atom. The molecule has 0 aromatic heterocycles. The number of non-ortho nitro benzene ring substituents is 1. The maximum absolute atomic E-state index is 13.0. The van der Waals surface area contributed by atoms with E-state index in [0.29, 0.717) is 6.54 Å². The molecule has 8 nitrogen and oxygen atoms in total. The highest BCUT2D eigenvalue weighted by molar-refractivity contribution is 7.92. The number of anilines is 1. The lowest BCUT2D eigenvalue weighted by Gasteiger charge is -2.32. The molecular weight excluding hydrogens is 382 g/mol. The van der Waals surface area contributed by atoms with Gasteiger partial charge in [-0.3, -0.25) is 19.2 Å². The molecule has 28 heavy (non-hydrogen) atoms. The summed E-state index contributed by atoms with van der Waals surface area (Å²) in [6.45, 7) is 2.02. The van der Waals surface area contributed by atoms with Gasteiger partial charge in [-0.1, -0.05) is 43.3 Å². The van der Waals surface area contributed by atoms with E-state index in [0.717, 1.165) is 22.2 Å². The normalized spacial score (nSPS) is 12.2. The Hall–Kier alpha value is -2.94. The Morgan fingerprint density at radius 1 is 1.14 bits per heavy atom. The van der Waals surface area contributed by atoms with E-state index in [1.54, 1.807) is 14.0 Å². The van der Waals surface area contributed by atoms with Gasteiger partial charge in [0, 0.05) is 25.7 Å². The molecule has 0 bridgehead atoms. The van der Waals surface area contributed by atoms with Crippen molar-refractivity contribution in [2.24, 2.45) is 0 Å². The molecular formula is C19H23N3O5S. The molecule has 0 spiro atoms. The molecule has 0 unspecified atom stereocenters. The molecule has 0 aliphatic carbocycles. The number of benzene rings is 2. The van der Waals surface area contributed by atoms with Gasteiger partial charge in [0.05, 0.1) is 16.9 Å². The highest BCUT2D eigenvalue weighted by Gasteiger charge is 2.33. The molecule has 1 amide bonds. The SMILES string of the molecule is CC[C@H](C(=O)N(C)Cc1ccccc1)N(c1cccc([N+](=O)[O-])c1)S(C)(=O)=O. The lowest BCUT2D eigenvalue weighted by Crippen LogP contribution is -2.49. The van der Waals surface area contributed by atoms with Crippen molar-refractivity contribution >= 4 is 27.3 Å². The van der Waals surface area contributed by atoms with Gasteiger partial charge < -0.3 is 4.90 Å². The third kappa shape index (κ3) is 5.07. The summed E-state index contributed by atoms with van der Waals surface area (Å²) in [6.07, 6.45) is 1.20. The standard InChI is InChI=1S/C19H23N3O5S/c1-4-18(19(23)20(2)14-15-9-6-5-7-10-15)21(28(3,26)27)16-11-8-12-17(13-16)22(24)25/h5-13,18H,4,14H2,1-3H3/t18-/m1/s1. The fourth-order valence-electron chi connectivity index (χ4n) is 2.98. The monoisotopic (exact) mass is 405 g/mol. The number of nitrogens with zero attached hydrogens (tertiary/aromatic N) is 3. The van der Waals surface area contributed by atoms with E-state index in [1.807, 2.05) is 30.3 Å². The van der Waals surface area contributed by atoms with E-state index in [1.165, 1.54) is 23.1 Å². The number of hydrogen-bond acceptors (Lipinski definition) is 5. The summed E-state index contributed by atoms with van der Waals surface area (Å²) in [5, 5.41) is 11.1. The lowest BCUT2D eigenvalue weighted by molar-refractivity contribution is -0.384. The zero-order valence-corrected chi connectivity index (χ0v) is 16.8. The molecule has 0 radical (unpaired) electrons. The fourth-order valence-corrected chi connectivity index (χ4v) is 4.17. The van der Waals surface area contributed by atoms with Crippen LogP contribution < -0.4 is 4.31 Å². The molecule has 0 aliphatic rings. The molecule has 2 rings (SSSR count). The molecule has 0 N–H and O–H groups in total. The Labute approximate surface area is 164 Å². The first-order chi connectivity index (χ1) is 13.1. The number of carbonyl (C=O) groups is 1. The minimum absolute atomic E-state index is 0.0880. The van der Waals surface area contributed by atoms with Gasteiger partial charge in [0.1, 0.15) is 6.04 Å². The molecule has 2 aromatic carbocycles. The van der Waals surface area contributed by atoms with Gasteiger partial charge in [-0.15, -0.1) is 0 Å². The molecule has 0 heterocycles. The Bertz CT molecular complexity index is 947. The molecule has 2 aromatic rings. The first-order valence-corrected chi connectivity index (χ1v) is 10.5. The zero-order chi connectivity index (χ0) is 20.9. The predicted molar refractivity (Wildman–Crippen MR) is 107 cm³/mol. The van der Waals surface area contributed by atoms with Crippen LogP contribution in [0.1, 0.15) is 18.9 Å². The van der Waals surface area contributed by atoms with Crippen LogP contribution in [0.25, 0.3) is 0 Å². The van der Waals surface area contributed by atoms with Crippen LogP contribution in [0.2, 0.25) is 0 Å². The summed E-state index contributed by atoms with van der Waals surface area (Å²) >= 11 is 0. The van der Waals surface area contributed by atoms with Crippen molar-refractivity contribution in [3.8, 4) is 0 Å². The third-order valence-corrected chi connectivity index (χ3v) is 5.43. The van der Waals surface area contributed by atoms with Crippen LogP contribution in [0.5, 0.6) is 0 Å². The Kier molecular flexibility index (Phi) is 6.74. The van der Waals surface area contributed by atoms with Crippen molar-refractivity contribution in [2.45, 2.75) is 25.9 Å². The smallest absolute Gasteiger partial charge is 0.271 e. The van der Waals surface area contributed by atoms with Crippen LogP contribution in [0.4, 0.5) is 11.4 Å². The molecule has 9 heteroatoms. The van der Waals surface area contributed by atoms with Crippen LogP contribution in [0.15, 0.2) is 54.6 Å². The highest BCUT2D eigenvalue weighted by atomic mass is 32.2. The van der Waals surface area contributed by atoms with Gasteiger partial charge in [-0.25, -0.2) is 8.42 Å². The average molecular weight is 405 g/mol. The van der Waals surface area contributed by atoms with Crippen molar-refractivity contribution in [1.82, 2.24) is 4.90 Å². The van der Waals surface area contributed by atoms with Crippen molar-refractivity contribution in [2.75, 3.05) is 17.6 Å². The van der Waals surface area contributed by atoms with Gasteiger partial charge in [-0.2, -0.15) is 0 Å². The van der Waals surface area contributed by atoms with Crippen LogP contribution in [-0.2, 0) is 21.4 Å². The van der Waals surface area contributed by atoms with Crippen LogP contribution in [0.3, 0.4) is 0 Å². The summed E-state index contributed by atoms with van der Waals surface area (Å²) in [5.41, 5.74) is 0.755. The minimum atomic E-state index is -3.86. The largest absolute Gasteiger partial charge is 0.340 e. The summed E-state index contributed by atoms with van der Waals surface area (Å²) in [7, 11) is -2.26. The van der Waals surface area contributed by atoms with E-state index >= 15 is 0 Å². The van der Waals surface area contributed by atoms with Gasteiger partial charge in [0.2, 0.25) is 15.9 Å². The quantitative estimate of drug-likeness (QED) is 0.496. The van der Waals surface area contributed by atoms with Gasteiger partial charge in [0.25, 0.3) is 5.69 Å². The van der Waals surface area contributed by atoms with E-state index in [2.05, 4.69) is 0 Å². The van der Waals surface area contributed by atoms with E-state index < -0.39 is 21.0 Å². The van der Waals surface area contributed by atoms with Crippen molar-refractivity contribution < 1.29 is 18.1 Å². The second kappa shape index (κ2) is 8.83. The van der Waals surface area contributed by atoms with Crippen molar-refractivity contribution in [3.05, 3.63) is 70.3 Å². The number of nitro benzene ring substituents is 1. The maximum Gasteiger partial charge on any atom is 0.271 e. The van der Waals surface area contributed by atoms with Crippen molar-refractivity contribution in [3.63, 3.8) is 0 Å². The van der Waals surface area contributed by atoms with Crippen LogP contribution >= 0.6 is 0 Å². The molecule has 150 valence electrons. The molecule has 0 fully saturated rings. The first kappa shape index (κ1) is 21.4. The summed E-state index contributed by atoms with van der Waals surface area (Å²) in [6, 6.07) is 13.6. The van der Waals surface area contributed by atoms with Gasteiger partial charge in [0.15, 0.2) is 0 Å². The van der Waals surface area contributed by atoms with Crippen LogP contribution in [-0.4, -0.2) is 43.5 Å². The van der Waals surface area contributed by atoms with E-state index in [4.69, 9.17) is 0 Å². The molecule has 0 saturated heterocycles. The average Bonchev–Trinajstić information content (AvgIpc) is 2.65. The molecule has 0 aliphatic heterocycles. The van der Waals surface area contributed by atoms with Crippen molar-refractivity contribution in [1.29, 1.82) is 0 Å². The Balaban J connectivity index is 2.39. The summed E-state index contributed by atoms with van der Waals surface area (Å²) in [4.78, 5) is 25.0. The van der Waals surface area contributed by atoms with Gasteiger partial charge in [-0.05, 0) is 18.1 Å². The predicted octanol–water partition coefficient (Wildman–Crippen LogP) is 2.80. The number of carbonyl (C=O) groups excluding carboxylic acids is 1. The summed E-state index contributed by atoms with van der Waals surface area (Å²) < 4.78 is 25.9. The first-order valence-electron chi connectivity index (χ1n) is 8.68. The fraction of sp³-hybridized carbons (Fsp3) is 0.316. The molecule has 1 atom stereocenters. The van der Waals surface area contributed by atoms with Crippen LogP contribution in [0, 0.1) is 10.1 Å². The highest BCUT2D eigenvalue weighted by Crippen LogP contribution is 2.27. The summed E-state index contributed by atoms with van der Waals surface area (Å²) in [5.74, 6) is -0.386. The number of amides is 1. The zero-order valence-electron chi connectivity index (χ0n) is 16.0. The third-order valence-electron chi connectivity index (χ3n) is 4.25. The van der Waals surface area contributed by atoms with E-state index in [-0.39, 0.29) is 23.7 Å². The van der Waals surface area contributed by atoms with Gasteiger partial charge >= 0.3 is 0 Å². The lowest BCUT2D eigenvalue weighted by atomic mass is 10.1. The number of sulfonamides is 1. The topological polar surface area (TPSA) is 101 Å². The number of rotatable bonds is 8. The second-order valence-electron chi connectivity index (χ2n) is 6.44. The number of likely N-dealkylation sites (N-methyl/N-ethyl adjacent to an activating group) is 1. The molecule has 0 saturated carbocycles. The van der Waals surface area contributed by atoms with E-state index in [9.17, 15) is 23.3 Å². The minimum Gasteiger partial charge on any atom is -0.340 e. The number of hydrogen-bond donors (Lipinski definition) is 0. The second-order valence-corrected chi connectivity index (χ2v) is 8.30. The Morgan fingerprint density at radius 2 is 1.79 bits per heavy atom.